The molecule has 8 heavy (non-hydrogen) atoms. The molecule has 4 atom stereocenters. The summed E-state index contributed by atoms with van der Waals surface area (Å²) in [6, 6.07) is 1.86. The summed E-state index contributed by atoms with van der Waals surface area (Å²) < 4.78 is 0. The molecule has 2 saturated heterocycles. The number of nitrogens with one attached hydrogen (secondary N) is 1. The molecule has 3 aliphatic rings. The molecule has 0 aromatic carbocycles. The van der Waals surface area contributed by atoms with Crippen molar-refractivity contribution in [1.82, 2.24) is 10.4 Å². The van der Waals surface area contributed by atoms with Crippen molar-refractivity contribution in [2.75, 3.05) is 6.54 Å². The van der Waals surface area contributed by atoms with Gasteiger partial charge in [0.05, 0.1) is 0 Å². The Labute approximate surface area is 48.8 Å². The summed E-state index contributed by atoms with van der Waals surface area (Å²) in [5.74, 6) is 1.05. The highest BCUT2D eigenvalue weighted by Gasteiger charge is 2.55. The first-order valence-corrected chi connectivity index (χ1v) is 3.48. The summed E-state index contributed by atoms with van der Waals surface area (Å²) in [6.07, 6.45) is 2.91. The number of hydrogen-bond donors (Lipinski definition) is 1. The lowest BCUT2D eigenvalue weighted by Gasteiger charge is -2.30. The van der Waals surface area contributed by atoms with E-state index in [4.69, 9.17) is 0 Å². The van der Waals surface area contributed by atoms with E-state index in [0.717, 1.165) is 18.0 Å². The molecule has 2 heterocycles. The van der Waals surface area contributed by atoms with Gasteiger partial charge in [-0.2, -0.15) is 0 Å². The van der Waals surface area contributed by atoms with E-state index < -0.39 is 0 Å². The Bertz CT molecular complexity index is 130. The molecular formula is C6H10N2. The highest BCUT2D eigenvalue weighted by atomic mass is 15.7. The Hall–Kier alpha value is -0.0800. The molecule has 3 fully saturated rings. The molecule has 2 unspecified atom stereocenters. The highest BCUT2D eigenvalue weighted by Crippen LogP contribution is 2.44. The summed E-state index contributed by atoms with van der Waals surface area (Å²) in [7, 11) is 0. The first-order valence-electron chi connectivity index (χ1n) is 3.48. The molecule has 1 saturated carbocycles. The van der Waals surface area contributed by atoms with Crippen molar-refractivity contribution in [3.63, 3.8) is 0 Å². The third-order valence-electron chi connectivity index (χ3n) is 2.80. The lowest BCUT2D eigenvalue weighted by atomic mass is 9.79. The van der Waals surface area contributed by atoms with Crippen LogP contribution in [0.4, 0.5) is 0 Å². The number of hydrazine groups is 1. The largest absolute Gasteiger partial charge is 0.251 e. The maximum absolute atomic E-state index is 3.46. The van der Waals surface area contributed by atoms with Crippen LogP contribution in [-0.4, -0.2) is 23.6 Å². The number of hydrogen-bond acceptors (Lipinski definition) is 2. The Balaban J connectivity index is 1.92. The van der Waals surface area contributed by atoms with E-state index in [9.17, 15) is 0 Å². The fraction of sp³-hybridized carbons (Fsp3) is 1.00. The fourth-order valence-corrected chi connectivity index (χ4v) is 2.03. The van der Waals surface area contributed by atoms with Crippen molar-refractivity contribution in [2.24, 2.45) is 5.92 Å². The third-order valence-corrected chi connectivity index (χ3v) is 2.80. The van der Waals surface area contributed by atoms with Gasteiger partial charge in [0.1, 0.15) is 0 Å². The second-order valence-corrected chi connectivity index (χ2v) is 3.20. The standard InChI is InChI=1S/C6H10N2/c1-2-5-4(1)6-3-8(6)7-5/h4-7H,1-3H2/t4-,5?,6?,8-/m1/s1. The molecule has 2 nitrogen and oxygen atoms in total. The Kier molecular flexibility index (Phi) is 0.461. The van der Waals surface area contributed by atoms with Crippen LogP contribution in [0.1, 0.15) is 12.8 Å². The van der Waals surface area contributed by atoms with Gasteiger partial charge in [-0.25, -0.2) is 5.01 Å². The fourth-order valence-electron chi connectivity index (χ4n) is 2.03. The first kappa shape index (κ1) is 3.85. The van der Waals surface area contributed by atoms with E-state index in [1.165, 1.54) is 19.4 Å². The molecule has 0 aromatic heterocycles. The van der Waals surface area contributed by atoms with Gasteiger partial charge in [-0.3, -0.25) is 5.43 Å². The van der Waals surface area contributed by atoms with Crippen molar-refractivity contribution in [2.45, 2.75) is 24.9 Å². The van der Waals surface area contributed by atoms with Gasteiger partial charge >= 0.3 is 0 Å². The Morgan fingerprint density at radius 3 is 2.75 bits per heavy atom. The van der Waals surface area contributed by atoms with Crippen LogP contribution >= 0.6 is 0 Å². The van der Waals surface area contributed by atoms with Gasteiger partial charge in [-0.15, -0.1) is 0 Å². The van der Waals surface area contributed by atoms with Crippen LogP contribution in [0.5, 0.6) is 0 Å². The number of nitrogens with zero attached hydrogens (tertiary/aromatic N) is 1. The van der Waals surface area contributed by atoms with Gasteiger partial charge in [0.15, 0.2) is 0 Å². The van der Waals surface area contributed by atoms with Crippen LogP contribution in [0.2, 0.25) is 0 Å². The van der Waals surface area contributed by atoms with E-state index in [1.54, 1.807) is 0 Å². The second kappa shape index (κ2) is 0.957. The predicted octanol–water partition coefficient (Wildman–Crippen LogP) is -0.0326. The minimum atomic E-state index is 0.897. The SMILES string of the molecule is C1C[C@@H]2C1N[N@]1CC21. The van der Waals surface area contributed by atoms with E-state index in [0.29, 0.717) is 0 Å². The molecule has 44 valence electrons. The second-order valence-electron chi connectivity index (χ2n) is 3.20. The summed E-state index contributed by atoms with van der Waals surface area (Å²) in [6.45, 7) is 1.33. The van der Waals surface area contributed by atoms with Crippen molar-refractivity contribution >= 4 is 0 Å². The minimum Gasteiger partial charge on any atom is -0.251 e. The van der Waals surface area contributed by atoms with Gasteiger partial charge in [-0.05, 0) is 18.8 Å². The number of fused-ring (bicyclic) bond motifs is 3. The molecule has 0 amide bonds. The van der Waals surface area contributed by atoms with Gasteiger partial charge < -0.3 is 0 Å². The zero-order valence-corrected chi connectivity index (χ0v) is 4.80. The zero-order valence-electron chi connectivity index (χ0n) is 4.80. The molecule has 2 aliphatic heterocycles. The van der Waals surface area contributed by atoms with Crippen molar-refractivity contribution in [3.8, 4) is 0 Å². The zero-order chi connectivity index (χ0) is 5.14. The normalized spacial score (nSPS) is 66.0. The van der Waals surface area contributed by atoms with Crippen molar-refractivity contribution in [1.29, 1.82) is 0 Å². The lowest BCUT2D eigenvalue weighted by molar-refractivity contribution is 0.241. The first-order chi connectivity index (χ1) is 3.95. The minimum absolute atomic E-state index is 0.897. The number of rotatable bonds is 0. The van der Waals surface area contributed by atoms with Crippen LogP contribution in [0, 0.1) is 5.92 Å². The van der Waals surface area contributed by atoms with Gasteiger partial charge in [0, 0.05) is 18.6 Å². The molecule has 1 aliphatic carbocycles. The molecule has 0 aromatic rings. The van der Waals surface area contributed by atoms with Gasteiger partial charge in [-0.1, -0.05) is 0 Å². The lowest BCUT2D eigenvalue weighted by Crippen LogP contribution is -2.40. The molecule has 2 heteroatoms. The van der Waals surface area contributed by atoms with Crippen LogP contribution < -0.4 is 5.43 Å². The molecule has 0 radical (unpaired) electrons. The average Bonchev–Trinajstić information content (AvgIpc) is 2.34. The maximum atomic E-state index is 3.46. The molecule has 0 spiro atoms. The van der Waals surface area contributed by atoms with E-state index in [-0.39, 0.29) is 0 Å². The summed E-state index contributed by atoms with van der Waals surface area (Å²) >= 11 is 0. The monoisotopic (exact) mass is 110 g/mol. The highest BCUT2D eigenvalue weighted by molar-refractivity contribution is 5.08. The van der Waals surface area contributed by atoms with E-state index in [1.807, 2.05) is 0 Å². The summed E-state index contributed by atoms with van der Waals surface area (Å²) in [5, 5.41) is 2.38. The average molecular weight is 110 g/mol. The van der Waals surface area contributed by atoms with Crippen LogP contribution in [-0.2, 0) is 0 Å². The van der Waals surface area contributed by atoms with Crippen LogP contribution in [0.3, 0.4) is 0 Å². The molecule has 3 rings (SSSR count). The van der Waals surface area contributed by atoms with E-state index in [2.05, 4.69) is 10.4 Å². The summed E-state index contributed by atoms with van der Waals surface area (Å²) in [5.41, 5.74) is 3.46. The van der Waals surface area contributed by atoms with Crippen LogP contribution in [0.15, 0.2) is 0 Å². The van der Waals surface area contributed by atoms with Crippen molar-refractivity contribution in [3.05, 3.63) is 0 Å². The van der Waals surface area contributed by atoms with Gasteiger partial charge in [0.25, 0.3) is 0 Å². The quantitative estimate of drug-likeness (QED) is 0.440. The molecule has 0 bridgehead atoms. The maximum Gasteiger partial charge on any atom is 0.0429 e. The Morgan fingerprint density at radius 2 is 2.38 bits per heavy atom. The smallest absolute Gasteiger partial charge is 0.0429 e. The Morgan fingerprint density at radius 1 is 1.38 bits per heavy atom. The van der Waals surface area contributed by atoms with Crippen LogP contribution in [0.25, 0.3) is 0 Å². The topological polar surface area (TPSA) is 15.0 Å². The third kappa shape index (κ3) is 0.273. The molecular weight excluding hydrogens is 100 g/mol. The van der Waals surface area contributed by atoms with Gasteiger partial charge in [0.2, 0.25) is 0 Å². The molecule has 1 N–H and O–H groups in total. The summed E-state index contributed by atoms with van der Waals surface area (Å²) in [4.78, 5) is 0. The van der Waals surface area contributed by atoms with E-state index >= 15 is 0 Å². The predicted molar refractivity (Wildman–Crippen MR) is 30.1 cm³/mol. The van der Waals surface area contributed by atoms with Crippen molar-refractivity contribution < 1.29 is 0 Å².